The van der Waals surface area contributed by atoms with Crippen LogP contribution in [-0.2, 0) is 0 Å². The zero-order valence-electron chi connectivity index (χ0n) is 15.2. The van der Waals surface area contributed by atoms with Crippen LogP contribution in [0.5, 0.6) is 0 Å². The maximum Gasteiger partial charge on any atom is 0.0244 e. The smallest absolute Gasteiger partial charge is 0.0244 e. The predicted molar refractivity (Wildman–Crippen MR) is 91.7 cm³/mol. The number of nitrogens with one attached hydrogen (secondary N) is 1. The second-order valence-corrected chi connectivity index (χ2v) is 8.61. The van der Waals surface area contributed by atoms with Crippen LogP contribution < -0.4 is 5.32 Å². The Balaban J connectivity index is 2.02. The van der Waals surface area contributed by atoms with Crippen LogP contribution in [0, 0.1) is 17.3 Å². The van der Waals surface area contributed by atoms with Gasteiger partial charge in [0.15, 0.2) is 0 Å². The molecule has 2 aliphatic rings. The summed E-state index contributed by atoms with van der Waals surface area (Å²) in [6, 6.07) is 1.37. The lowest BCUT2D eigenvalue weighted by molar-refractivity contribution is 0.0216. The lowest BCUT2D eigenvalue weighted by Gasteiger charge is -2.49. The number of piperidine rings is 1. The van der Waals surface area contributed by atoms with Gasteiger partial charge in [-0.05, 0) is 50.2 Å². The molecule has 0 aliphatic carbocycles. The SMILES string of the molecule is CC(C)C1CN(CC2(C)CCN(C)CC2)C(C(C)C)CN1. The first kappa shape index (κ1) is 17.2. The maximum atomic E-state index is 3.79. The zero-order valence-corrected chi connectivity index (χ0v) is 15.2. The fourth-order valence-electron chi connectivity index (χ4n) is 3.95. The third-order valence-electron chi connectivity index (χ3n) is 5.84. The van der Waals surface area contributed by atoms with Crippen LogP contribution >= 0.6 is 0 Å². The van der Waals surface area contributed by atoms with E-state index in [1.807, 2.05) is 0 Å². The Labute approximate surface area is 132 Å². The van der Waals surface area contributed by atoms with E-state index in [0.29, 0.717) is 17.5 Å². The lowest BCUT2D eigenvalue weighted by Crippen LogP contribution is -2.61. The minimum atomic E-state index is 0.512. The van der Waals surface area contributed by atoms with Gasteiger partial charge in [0.25, 0.3) is 0 Å². The molecular formula is C18H37N3. The number of likely N-dealkylation sites (tertiary alicyclic amines) is 1. The van der Waals surface area contributed by atoms with Gasteiger partial charge in [-0.1, -0.05) is 34.6 Å². The van der Waals surface area contributed by atoms with Crippen LogP contribution in [0.15, 0.2) is 0 Å². The van der Waals surface area contributed by atoms with Gasteiger partial charge in [0, 0.05) is 31.7 Å². The van der Waals surface area contributed by atoms with Crippen molar-refractivity contribution in [1.29, 1.82) is 0 Å². The highest BCUT2D eigenvalue weighted by atomic mass is 15.2. The Morgan fingerprint density at radius 2 is 1.71 bits per heavy atom. The summed E-state index contributed by atoms with van der Waals surface area (Å²) in [7, 11) is 2.26. The molecule has 2 saturated heterocycles. The van der Waals surface area contributed by atoms with Crippen LogP contribution in [0.2, 0.25) is 0 Å². The predicted octanol–water partition coefficient (Wildman–Crippen LogP) is 2.67. The number of rotatable bonds is 4. The van der Waals surface area contributed by atoms with Gasteiger partial charge in [0.1, 0.15) is 0 Å². The fraction of sp³-hybridized carbons (Fsp3) is 1.00. The molecule has 1 N–H and O–H groups in total. The molecule has 0 spiro atoms. The quantitative estimate of drug-likeness (QED) is 0.860. The number of piperazine rings is 1. The van der Waals surface area contributed by atoms with E-state index in [9.17, 15) is 0 Å². The average molecular weight is 296 g/mol. The summed E-state index contributed by atoms with van der Waals surface area (Å²) in [5.41, 5.74) is 0.512. The van der Waals surface area contributed by atoms with E-state index in [4.69, 9.17) is 0 Å². The molecule has 2 fully saturated rings. The van der Waals surface area contributed by atoms with Crippen molar-refractivity contribution in [2.75, 3.05) is 39.8 Å². The molecule has 2 aliphatic heterocycles. The van der Waals surface area contributed by atoms with E-state index >= 15 is 0 Å². The molecule has 0 aromatic carbocycles. The van der Waals surface area contributed by atoms with Gasteiger partial charge in [0.2, 0.25) is 0 Å². The van der Waals surface area contributed by atoms with Crippen LogP contribution in [0.4, 0.5) is 0 Å². The first-order valence-electron chi connectivity index (χ1n) is 8.97. The Hall–Kier alpha value is -0.120. The normalized spacial score (nSPS) is 32.0. The minimum Gasteiger partial charge on any atom is -0.311 e. The first-order valence-corrected chi connectivity index (χ1v) is 8.97. The van der Waals surface area contributed by atoms with Gasteiger partial charge >= 0.3 is 0 Å². The molecule has 3 heteroatoms. The Morgan fingerprint density at radius 1 is 1.10 bits per heavy atom. The topological polar surface area (TPSA) is 18.5 Å². The first-order chi connectivity index (χ1) is 9.81. The van der Waals surface area contributed by atoms with Gasteiger partial charge in [-0.3, -0.25) is 4.90 Å². The van der Waals surface area contributed by atoms with Crippen molar-refractivity contribution in [3.8, 4) is 0 Å². The van der Waals surface area contributed by atoms with E-state index in [1.54, 1.807) is 0 Å². The van der Waals surface area contributed by atoms with Gasteiger partial charge < -0.3 is 10.2 Å². The molecule has 0 aromatic rings. The van der Waals surface area contributed by atoms with Crippen LogP contribution in [0.1, 0.15) is 47.5 Å². The summed E-state index contributed by atoms with van der Waals surface area (Å²) in [6.45, 7) is 18.2. The van der Waals surface area contributed by atoms with Gasteiger partial charge in [-0.25, -0.2) is 0 Å². The molecule has 2 rings (SSSR count). The fourth-order valence-corrected chi connectivity index (χ4v) is 3.95. The molecule has 124 valence electrons. The van der Waals surface area contributed by atoms with Crippen molar-refractivity contribution < 1.29 is 0 Å². The van der Waals surface area contributed by atoms with E-state index in [1.165, 1.54) is 39.0 Å². The highest BCUT2D eigenvalue weighted by Crippen LogP contribution is 2.33. The molecule has 2 heterocycles. The van der Waals surface area contributed by atoms with E-state index in [0.717, 1.165) is 18.4 Å². The second kappa shape index (κ2) is 6.97. The molecule has 0 aromatic heterocycles. The molecular weight excluding hydrogens is 258 g/mol. The van der Waals surface area contributed by atoms with E-state index in [-0.39, 0.29) is 0 Å². The molecule has 2 unspecified atom stereocenters. The molecule has 2 atom stereocenters. The summed E-state index contributed by atoms with van der Waals surface area (Å²) in [5, 5.41) is 3.79. The van der Waals surface area contributed by atoms with Crippen molar-refractivity contribution in [1.82, 2.24) is 15.1 Å². The number of nitrogens with zero attached hydrogens (tertiary/aromatic N) is 2. The van der Waals surface area contributed by atoms with Gasteiger partial charge in [-0.15, -0.1) is 0 Å². The molecule has 0 radical (unpaired) electrons. The summed E-state index contributed by atoms with van der Waals surface area (Å²) in [4.78, 5) is 5.30. The van der Waals surface area contributed by atoms with Crippen LogP contribution in [0.3, 0.4) is 0 Å². The van der Waals surface area contributed by atoms with Crippen molar-refractivity contribution in [2.24, 2.45) is 17.3 Å². The van der Waals surface area contributed by atoms with Crippen LogP contribution in [0.25, 0.3) is 0 Å². The summed E-state index contributed by atoms with van der Waals surface area (Å²) >= 11 is 0. The summed E-state index contributed by atoms with van der Waals surface area (Å²) in [6.07, 6.45) is 2.70. The van der Waals surface area contributed by atoms with Crippen molar-refractivity contribution in [3.05, 3.63) is 0 Å². The van der Waals surface area contributed by atoms with Crippen molar-refractivity contribution in [2.45, 2.75) is 59.5 Å². The van der Waals surface area contributed by atoms with Gasteiger partial charge in [-0.2, -0.15) is 0 Å². The lowest BCUT2D eigenvalue weighted by atomic mass is 9.79. The van der Waals surface area contributed by atoms with Crippen molar-refractivity contribution in [3.63, 3.8) is 0 Å². The minimum absolute atomic E-state index is 0.512. The Bertz CT molecular complexity index is 318. The average Bonchev–Trinajstić information content (AvgIpc) is 2.42. The monoisotopic (exact) mass is 295 g/mol. The Kier molecular flexibility index (Phi) is 5.72. The summed E-state index contributed by atoms with van der Waals surface area (Å²) in [5.74, 6) is 1.46. The van der Waals surface area contributed by atoms with Gasteiger partial charge in [0.05, 0.1) is 0 Å². The highest BCUT2D eigenvalue weighted by Gasteiger charge is 2.37. The second-order valence-electron chi connectivity index (χ2n) is 8.61. The molecule has 3 nitrogen and oxygen atoms in total. The van der Waals surface area contributed by atoms with E-state index in [2.05, 4.69) is 56.8 Å². The third kappa shape index (κ3) is 4.43. The largest absolute Gasteiger partial charge is 0.311 e. The van der Waals surface area contributed by atoms with Crippen molar-refractivity contribution >= 4 is 0 Å². The Morgan fingerprint density at radius 3 is 2.24 bits per heavy atom. The number of hydrogen-bond donors (Lipinski definition) is 1. The molecule has 21 heavy (non-hydrogen) atoms. The third-order valence-corrected chi connectivity index (χ3v) is 5.84. The maximum absolute atomic E-state index is 3.79. The zero-order chi connectivity index (χ0) is 15.6. The number of hydrogen-bond acceptors (Lipinski definition) is 3. The van der Waals surface area contributed by atoms with E-state index < -0.39 is 0 Å². The highest BCUT2D eigenvalue weighted by molar-refractivity contribution is 4.93. The molecule has 0 bridgehead atoms. The summed E-state index contributed by atoms with van der Waals surface area (Å²) < 4.78 is 0. The van der Waals surface area contributed by atoms with Crippen LogP contribution in [-0.4, -0.2) is 61.7 Å². The molecule has 0 amide bonds. The molecule has 0 saturated carbocycles. The standard InChI is InChI=1S/C18H37N3/c1-14(2)16-12-21(17(11-19-16)15(3)4)13-18(5)7-9-20(6)10-8-18/h14-17,19H,7-13H2,1-6H3.